The van der Waals surface area contributed by atoms with Crippen molar-refractivity contribution in [2.45, 2.75) is 37.8 Å². The van der Waals surface area contributed by atoms with Crippen LogP contribution in [0, 0.1) is 5.82 Å². The molecule has 1 fully saturated rings. The topological polar surface area (TPSA) is 12.0 Å². The second kappa shape index (κ2) is 5.76. The van der Waals surface area contributed by atoms with E-state index in [0.717, 1.165) is 18.4 Å². The zero-order valence-corrected chi connectivity index (χ0v) is 11.7. The highest BCUT2D eigenvalue weighted by Gasteiger charge is 2.31. The lowest BCUT2D eigenvalue weighted by atomic mass is 9.75. The lowest BCUT2D eigenvalue weighted by Crippen LogP contribution is -2.41. The highest BCUT2D eigenvalue weighted by molar-refractivity contribution is 5.24. The van der Waals surface area contributed by atoms with Crippen molar-refractivity contribution < 1.29 is 4.39 Å². The van der Waals surface area contributed by atoms with Crippen LogP contribution in [0.5, 0.6) is 0 Å². The number of hydrogen-bond acceptors (Lipinski definition) is 1. The average Bonchev–Trinajstić information content (AvgIpc) is 2.43. The molecule has 2 heteroatoms. The predicted molar refractivity (Wildman–Crippen MR) is 80.2 cm³/mol. The van der Waals surface area contributed by atoms with Crippen molar-refractivity contribution in [1.82, 2.24) is 5.32 Å². The standard InChI is InChI=1S/C18H20FN/c1-13(17-9-5-6-10-18(17)19)20-16-11-15(12-16)14-7-3-2-4-8-14/h2-10,13,15-16,20H,11-12H2,1H3. The maximum atomic E-state index is 13.7. The second-order valence-corrected chi connectivity index (χ2v) is 5.69. The molecular weight excluding hydrogens is 249 g/mol. The first-order valence-corrected chi connectivity index (χ1v) is 7.29. The van der Waals surface area contributed by atoms with E-state index in [-0.39, 0.29) is 11.9 Å². The largest absolute Gasteiger partial charge is 0.307 e. The van der Waals surface area contributed by atoms with Crippen LogP contribution >= 0.6 is 0 Å². The molecule has 20 heavy (non-hydrogen) atoms. The van der Waals surface area contributed by atoms with E-state index in [1.165, 1.54) is 11.6 Å². The SMILES string of the molecule is CC(NC1CC(c2ccccc2)C1)c1ccccc1F. The summed E-state index contributed by atoms with van der Waals surface area (Å²) in [5.74, 6) is 0.535. The first-order chi connectivity index (χ1) is 9.74. The Morgan fingerprint density at radius 2 is 1.65 bits per heavy atom. The lowest BCUT2D eigenvalue weighted by Gasteiger charge is -2.38. The lowest BCUT2D eigenvalue weighted by molar-refractivity contribution is 0.269. The van der Waals surface area contributed by atoms with E-state index in [9.17, 15) is 4.39 Å². The minimum Gasteiger partial charge on any atom is -0.307 e. The Morgan fingerprint density at radius 3 is 2.35 bits per heavy atom. The maximum absolute atomic E-state index is 13.7. The van der Waals surface area contributed by atoms with Crippen molar-refractivity contribution in [2.75, 3.05) is 0 Å². The molecule has 1 nitrogen and oxygen atoms in total. The van der Waals surface area contributed by atoms with Crippen LogP contribution in [0.1, 0.15) is 42.9 Å². The van der Waals surface area contributed by atoms with E-state index in [4.69, 9.17) is 0 Å². The number of rotatable bonds is 4. The molecule has 0 saturated heterocycles. The summed E-state index contributed by atoms with van der Waals surface area (Å²) in [7, 11) is 0. The Morgan fingerprint density at radius 1 is 1.00 bits per heavy atom. The van der Waals surface area contributed by atoms with Crippen molar-refractivity contribution in [3.8, 4) is 0 Å². The summed E-state index contributed by atoms with van der Waals surface area (Å²) < 4.78 is 13.7. The number of hydrogen-bond donors (Lipinski definition) is 1. The van der Waals surface area contributed by atoms with Gasteiger partial charge in [-0.25, -0.2) is 4.39 Å². The fourth-order valence-electron chi connectivity index (χ4n) is 3.02. The van der Waals surface area contributed by atoms with E-state index >= 15 is 0 Å². The van der Waals surface area contributed by atoms with Crippen LogP contribution in [0.25, 0.3) is 0 Å². The van der Waals surface area contributed by atoms with E-state index in [2.05, 4.69) is 35.6 Å². The van der Waals surface area contributed by atoms with E-state index in [1.54, 1.807) is 6.07 Å². The van der Waals surface area contributed by atoms with Gasteiger partial charge in [-0.1, -0.05) is 48.5 Å². The Kier molecular flexibility index (Phi) is 3.83. The van der Waals surface area contributed by atoms with Crippen molar-refractivity contribution in [3.05, 3.63) is 71.5 Å². The summed E-state index contributed by atoms with van der Waals surface area (Å²) in [4.78, 5) is 0. The van der Waals surface area contributed by atoms with Crippen molar-refractivity contribution in [2.24, 2.45) is 0 Å². The Bertz CT molecular complexity index is 561. The zero-order valence-electron chi connectivity index (χ0n) is 11.7. The van der Waals surface area contributed by atoms with Crippen molar-refractivity contribution >= 4 is 0 Å². The van der Waals surface area contributed by atoms with Crippen LogP contribution in [0.3, 0.4) is 0 Å². The first kappa shape index (κ1) is 13.3. The minimum absolute atomic E-state index is 0.0675. The Balaban J connectivity index is 1.55. The molecule has 0 heterocycles. The second-order valence-electron chi connectivity index (χ2n) is 5.69. The van der Waals surface area contributed by atoms with E-state index < -0.39 is 0 Å². The van der Waals surface area contributed by atoms with Crippen LogP contribution in [0.2, 0.25) is 0 Å². The highest BCUT2D eigenvalue weighted by atomic mass is 19.1. The molecular formula is C18H20FN. The molecule has 1 aliphatic rings. The third-order valence-corrected chi connectivity index (χ3v) is 4.27. The molecule has 0 aliphatic heterocycles. The highest BCUT2D eigenvalue weighted by Crippen LogP contribution is 2.37. The first-order valence-electron chi connectivity index (χ1n) is 7.29. The average molecular weight is 269 g/mol. The molecule has 0 aromatic heterocycles. The van der Waals surface area contributed by atoms with Gasteiger partial charge in [0.15, 0.2) is 0 Å². The van der Waals surface area contributed by atoms with Crippen molar-refractivity contribution in [3.63, 3.8) is 0 Å². The van der Waals surface area contributed by atoms with Gasteiger partial charge in [0.1, 0.15) is 5.82 Å². The smallest absolute Gasteiger partial charge is 0.127 e. The van der Waals surface area contributed by atoms with Crippen LogP contribution in [0.4, 0.5) is 4.39 Å². The van der Waals surface area contributed by atoms with Gasteiger partial charge < -0.3 is 5.32 Å². The molecule has 3 rings (SSSR count). The van der Waals surface area contributed by atoms with Gasteiger partial charge in [-0.2, -0.15) is 0 Å². The minimum atomic E-state index is -0.119. The maximum Gasteiger partial charge on any atom is 0.127 e. The van der Waals surface area contributed by atoms with Crippen LogP contribution in [-0.4, -0.2) is 6.04 Å². The van der Waals surface area contributed by atoms with E-state index in [1.807, 2.05) is 19.1 Å². The molecule has 0 bridgehead atoms. The number of halogens is 1. The summed E-state index contributed by atoms with van der Waals surface area (Å²) in [5, 5.41) is 3.53. The third-order valence-electron chi connectivity index (χ3n) is 4.27. The Hall–Kier alpha value is -1.67. The summed E-state index contributed by atoms with van der Waals surface area (Å²) in [6, 6.07) is 18.2. The van der Waals surface area contributed by atoms with Gasteiger partial charge in [0.25, 0.3) is 0 Å². The molecule has 104 valence electrons. The Labute approximate surface area is 119 Å². The summed E-state index contributed by atoms with van der Waals surface area (Å²) in [6.45, 7) is 2.04. The van der Waals surface area contributed by atoms with Gasteiger partial charge in [-0.15, -0.1) is 0 Å². The molecule has 0 radical (unpaired) electrons. The summed E-state index contributed by atoms with van der Waals surface area (Å²) in [5.41, 5.74) is 2.18. The van der Waals surface area contributed by atoms with Crippen LogP contribution in [-0.2, 0) is 0 Å². The van der Waals surface area contributed by atoms with Gasteiger partial charge in [0.2, 0.25) is 0 Å². The van der Waals surface area contributed by atoms with Gasteiger partial charge in [0.05, 0.1) is 0 Å². The van der Waals surface area contributed by atoms with Crippen molar-refractivity contribution in [1.29, 1.82) is 0 Å². The predicted octanol–water partition coefficient (Wildman–Crippen LogP) is 4.42. The molecule has 2 aromatic carbocycles. The molecule has 0 amide bonds. The monoisotopic (exact) mass is 269 g/mol. The van der Waals surface area contributed by atoms with E-state index in [0.29, 0.717) is 12.0 Å². The number of nitrogens with one attached hydrogen (secondary N) is 1. The van der Waals surface area contributed by atoms with Crippen LogP contribution < -0.4 is 5.32 Å². The molecule has 1 N–H and O–H groups in total. The van der Waals surface area contributed by atoms with Crippen LogP contribution in [0.15, 0.2) is 54.6 Å². The van der Waals surface area contributed by atoms with Gasteiger partial charge >= 0.3 is 0 Å². The third kappa shape index (κ3) is 2.75. The zero-order chi connectivity index (χ0) is 13.9. The molecule has 0 spiro atoms. The number of benzene rings is 2. The van der Waals surface area contributed by atoms with Gasteiger partial charge in [-0.05, 0) is 37.3 Å². The molecule has 1 atom stereocenters. The van der Waals surface area contributed by atoms with Gasteiger partial charge in [0, 0.05) is 17.6 Å². The summed E-state index contributed by atoms with van der Waals surface area (Å²) >= 11 is 0. The molecule has 2 aromatic rings. The molecule has 1 aliphatic carbocycles. The summed E-state index contributed by atoms with van der Waals surface area (Å²) in [6.07, 6.45) is 2.28. The quantitative estimate of drug-likeness (QED) is 0.866. The molecule has 1 unspecified atom stereocenters. The fraction of sp³-hybridized carbons (Fsp3) is 0.333. The van der Waals surface area contributed by atoms with Gasteiger partial charge in [-0.3, -0.25) is 0 Å². The fourth-order valence-corrected chi connectivity index (χ4v) is 3.02. The molecule has 1 saturated carbocycles. The normalized spacial score (nSPS) is 23.1.